The number of aliphatic hydroxyl groups is 1. The smallest absolute Gasteiger partial charge is 0.271 e. The number of amides is 1. The van der Waals surface area contributed by atoms with Crippen molar-refractivity contribution >= 4 is 11.7 Å². The minimum atomic E-state index is -0.261. The second-order valence-electron chi connectivity index (χ2n) is 3.55. The Balaban J connectivity index is 2.54. The minimum absolute atomic E-state index is 0.122. The largest absolute Gasteiger partial charge is 0.396 e. The highest BCUT2D eigenvalue weighted by Crippen LogP contribution is 2.03. The summed E-state index contributed by atoms with van der Waals surface area (Å²) in [6.45, 7) is 2.65. The molecule has 1 heterocycles. The van der Waals surface area contributed by atoms with E-state index in [0.29, 0.717) is 12.4 Å². The van der Waals surface area contributed by atoms with Crippen molar-refractivity contribution in [1.29, 1.82) is 0 Å². The van der Waals surface area contributed by atoms with Crippen LogP contribution < -0.4 is 10.6 Å². The van der Waals surface area contributed by atoms with Crippen LogP contribution in [0.2, 0.25) is 0 Å². The Morgan fingerprint density at radius 3 is 2.75 bits per heavy atom. The predicted molar refractivity (Wildman–Crippen MR) is 60.2 cm³/mol. The third kappa shape index (κ3) is 3.47. The number of hydrogen-bond donors (Lipinski definition) is 3. The van der Waals surface area contributed by atoms with Gasteiger partial charge in [0.15, 0.2) is 5.69 Å². The van der Waals surface area contributed by atoms with Crippen molar-refractivity contribution in [3.05, 3.63) is 17.8 Å². The van der Waals surface area contributed by atoms with E-state index in [2.05, 4.69) is 20.8 Å². The molecule has 0 fully saturated rings. The molecule has 6 heteroatoms. The van der Waals surface area contributed by atoms with Gasteiger partial charge >= 0.3 is 0 Å². The van der Waals surface area contributed by atoms with Gasteiger partial charge in [0.1, 0.15) is 5.82 Å². The summed E-state index contributed by atoms with van der Waals surface area (Å²) in [4.78, 5) is 11.2. The van der Waals surface area contributed by atoms with E-state index >= 15 is 0 Å². The number of nitrogens with one attached hydrogen (secondary N) is 2. The van der Waals surface area contributed by atoms with Crippen LogP contribution in [0.4, 0.5) is 5.82 Å². The SMILES string of the molecule is CNC(=O)c1ccc(NCC(C)CO)nn1. The van der Waals surface area contributed by atoms with E-state index in [1.54, 1.807) is 19.2 Å². The molecule has 3 N–H and O–H groups in total. The van der Waals surface area contributed by atoms with Gasteiger partial charge in [-0.3, -0.25) is 4.79 Å². The van der Waals surface area contributed by atoms with E-state index in [0.717, 1.165) is 0 Å². The molecular formula is C10H16N4O2. The highest BCUT2D eigenvalue weighted by Gasteiger charge is 2.05. The van der Waals surface area contributed by atoms with Crippen molar-refractivity contribution in [2.24, 2.45) is 5.92 Å². The van der Waals surface area contributed by atoms with Gasteiger partial charge < -0.3 is 15.7 Å². The molecule has 16 heavy (non-hydrogen) atoms. The minimum Gasteiger partial charge on any atom is -0.396 e. The summed E-state index contributed by atoms with van der Waals surface area (Å²) in [7, 11) is 1.54. The van der Waals surface area contributed by atoms with Crippen LogP contribution in [0, 0.1) is 5.92 Å². The van der Waals surface area contributed by atoms with Crippen LogP contribution >= 0.6 is 0 Å². The van der Waals surface area contributed by atoms with Gasteiger partial charge in [-0.1, -0.05) is 6.92 Å². The van der Waals surface area contributed by atoms with Gasteiger partial charge in [0.25, 0.3) is 5.91 Å². The second kappa shape index (κ2) is 6.02. The maximum absolute atomic E-state index is 11.2. The van der Waals surface area contributed by atoms with Crippen LogP contribution in [0.1, 0.15) is 17.4 Å². The first-order chi connectivity index (χ1) is 7.67. The summed E-state index contributed by atoms with van der Waals surface area (Å²) in [5, 5.41) is 21.9. The van der Waals surface area contributed by atoms with Gasteiger partial charge in [0, 0.05) is 20.2 Å². The molecule has 0 aromatic carbocycles. The van der Waals surface area contributed by atoms with Crippen molar-refractivity contribution in [3.8, 4) is 0 Å². The second-order valence-corrected chi connectivity index (χ2v) is 3.55. The molecule has 1 atom stereocenters. The summed E-state index contributed by atoms with van der Waals surface area (Å²) in [6, 6.07) is 3.28. The van der Waals surface area contributed by atoms with Gasteiger partial charge in [0.05, 0.1) is 0 Å². The van der Waals surface area contributed by atoms with Gasteiger partial charge in [0.2, 0.25) is 0 Å². The number of carbonyl (C=O) groups is 1. The van der Waals surface area contributed by atoms with Crippen LogP contribution in [0.15, 0.2) is 12.1 Å². The van der Waals surface area contributed by atoms with Crippen molar-refractivity contribution in [2.75, 3.05) is 25.5 Å². The Kier molecular flexibility index (Phi) is 4.65. The van der Waals surface area contributed by atoms with Gasteiger partial charge in [-0.05, 0) is 18.1 Å². The third-order valence-corrected chi connectivity index (χ3v) is 2.07. The summed E-state index contributed by atoms with van der Waals surface area (Å²) in [6.07, 6.45) is 0. The summed E-state index contributed by atoms with van der Waals surface area (Å²) in [5.74, 6) is 0.483. The number of hydrogen-bond acceptors (Lipinski definition) is 5. The number of aliphatic hydroxyl groups excluding tert-OH is 1. The molecule has 88 valence electrons. The Labute approximate surface area is 94.1 Å². The Morgan fingerprint density at radius 2 is 2.25 bits per heavy atom. The van der Waals surface area contributed by atoms with Crippen LogP contribution in [0.5, 0.6) is 0 Å². The molecule has 0 saturated heterocycles. The van der Waals surface area contributed by atoms with E-state index < -0.39 is 0 Å². The van der Waals surface area contributed by atoms with Gasteiger partial charge in [-0.15, -0.1) is 10.2 Å². The number of aromatic nitrogens is 2. The molecule has 0 radical (unpaired) electrons. The number of carbonyl (C=O) groups excluding carboxylic acids is 1. The first kappa shape index (κ1) is 12.4. The zero-order chi connectivity index (χ0) is 12.0. The zero-order valence-electron chi connectivity index (χ0n) is 9.40. The third-order valence-electron chi connectivity index (χ3n) is 2.07. The van der Waals surface area contributed by atoms with Gasteiger partial charge in [-0.25, -0.2) is 0 Å². The molecular weight excluding hydrogens is 208 g/mol. The number of nitrogens with zero attached hydrogens (tertiary/aromatic N) is 2. The van der Waals surface area contributed by atoms with E-state index in [-0.39, 0.29) is 24.1 Å². The molecule has 0 saturated carbocycles. The lowest BCUT2D eigenvalue weighted by Crippen LogP contribution is -2.20. The highest BCUT2D eigenvalue weighted by molar-refractivity contribution is 5.91. The zero-order valence-corrected chi connectivity index (χ0v) is 9.40. The van der Waals surface area contributed by atoms with E-state index in [1.807, 2.05) is 6.92 Å². The fourth-order valence-corrected chi connectivity index (χ4v) is 1.02. The lowest BCUT2D eigenvalue weighted by molar-refractivity contribution is 0.0957. The van der Waals surface area contributed by atoms with Crippen molar-refractivity contribution in [1.82, 2.24) is 15.5 Å². The van der Waals surface area contributed by atoms with Crippen LogP contribution in [-0.2, 0) is 0 Å². The van der Waals surface area contributed by atoms with E-state index in [9.17, 15) is 4.79 Å². The maximum atomic E-state index is 11.2. The van der Waals surface area contributed by atoms with E-state index in [1.165, 1.54) is 0 Å². The predicted octanol–water partition coefficient (Wildman–Crippen LogP) is -0.124. The lowest BCUT2D eigenvalue weighted by atomic mass is 10.2. The lowest BCUT2D eigenvalue weighted by Gasteiger charge is -2.09. The highest BCUT2D eigenvalue weighted by atomic mass is 16.3. The molecule has 6 nitrogen and oxygen atoms in total. The summed E-state index contributed by atoms with van der Waals surface area (Å²) < 4.78 is 0. The average Bonchev–Trinajstić information content (AvgIpc) is 2.35. The number of anilines is 1. The van der Waals surface area contributed by atoms with E-state index in [4.69, 9.17) is 5.11 Å². The molecule has 1 aromatic heterocycles. The Morgan fingerprint density at radius 1 is 1.50 bits per heavy atom. The first-order valence-electron chi connectivity index (χ1n) is 5.08. The molecule has 0 aliphatic rings. The molecule has 1 aromatic rings. The molecule has 1 amide bonds. The van der Waals surface area contributed by atoms with Crippen molar-refractivity contribution in [3.63, 3.8) is 0 Å². The normalized spacial score (nSPS) is 11.9. The quantitative estimate of drug-likeness (QED) is 0.649. The Bertz CT molecular complexity index is 339. The van der Waals surface area contributed by atoms with Crippen molar-refractivity contribution < 1.29 is 9.90 Å². The summed E-state index contributed by atoms with van der Waals surface area (Å²) >= 11 is 0. The van der Waals surface area contributed by atoms with Crippen LogP contribution in [0.25, 0.3) is 0 Å². The number of rotatable bonds is 5. The molecule has 1 unspecified atom stereocenters. The molecule has 0 aliphatic heterocycles. The standard InChI is InChI=1S/C10H16N4O2/c1-7(6-15)5-12-9-4-3-8(13-14-9)10(16)11-2/h3-4,7,15H,5-6H2,1-2H3,(H,11,16)(H,12,14). The summed E-state index contributed by atoms with van der Waals surface area (Å²) in [5.41, 5.74) is 0.281. The van der Waals surface area contributed by atoms with Gasteiger partial charge in [-0.2, -0.15) is 0 Å². The monoisotopic (exact) mass is 224 g/mol. The van der Waals surface area contributed by atoms with Crippen molar-refractivity contribution in [2.45, 2.75) is 6.92 Å². The Hall–Kier alpha value is -1.69. The maximum Gasteiger partial charge on any atom is 0.271 e. The fourth-order valence-electron chi connectivity index (χ4n) is 1.02. The molecule has 0 aliphatic carbocycles. The van der Waals surface area contributed by atoms with Crippen LogP contribution in [-0.4, -0.2) is 41.4 Å². The molecule has 0 bridgehead atoms. The fraction of sp³-hybridized carbons (Fsp3) is 0.500. The molecule has 1 rings (SSSR count). The average molecular weight is 224 g/mol. The van der Waals surface area contributed by atoms with Crippen LogP contribution in [0.3, 0.4) is 0 Å². The first-order valence-corrected chi connectivity index (χ1v) is 5.08. The molecule has 0 spiro atoms. The topological polar surface area (TPSA) is 87.1 Å².